The number of amides is 1. The van der Waals surface area contributed by atoms with E-state index in [4.69, 9.17) is 5.73 Å². The molecule has 0 aromatic heterocycles. The molecule has 1 aromatic rings. The van der Waals surface area contributed by atoms with E-state index in [1.165, 1.54) is 0 Å². The molecule has 1 atom stereocenters. The predicted molar refractivity (Wildman–Crippen MR) is 69.6 cm³/mol. The van der Waals surface area contributed by atoms with Crippen molar-refractivity contribution in [3.05, 3.63) is 35.9 Å². The molecular formula is C13H21N3O. The Balaban J connectivity index is 2.31. The molecule has 3 N–H and O–H groups in total. The van der Waals surface area contributed by atoms with Crippen molar-refractivity contribution < 1.29 is 4.79 Å². The molecule has 0 heterocycles. The second kappa shape index (κ2) is 7.04. The van der Waals surface area contributed by atoms with Crippen LogP contribution in [-0.4, -0.2) is 38.0 Å². The maximum Gasteiger partial charge on any atom is 0.221 e. The third-order valence-corrected chi connectivity index (χ3v) is 2.51. The molecule has 0 saturated carbocycles. The predicted octanol–water partition coefficient (Wildman–Crippen LogP) is 0.754. The first-order valence-electron chi connectivity index (χ1n) is 5.81. The third-order valence-electron chi connectivity index (χ3n) is 2.51. The minimum Gasteiger partial charge on any atom is -0.355 e. The molecule has 1 rings (SSSR count). The van der Waals surface area contributed by atoms with E-state index in [-0.39, 0.29) is 11.9 Å². The molecule has 1 unspecified atom stereocenters. The zero-order chi connectivity index (χ0) is 12.7. The number of nitrogens with one attached hydrogen (secondary N) is 1. The Morgan fingerprint density at radius 2 is 2.00 bits per heavy atom. The summed E-state index contributed by atoms with van der Waals surface area (Å²) in [5, 5.41) is 2.85. The number of rotatable bonds is 6. The third kappa shape index (κ3) is 5.47. The van der Waals surface area contributed by atoms with E-state index in [1.807, 2.05) is 49.3 Å². The number of hydrogen-bond acceptors (Lipinski definition) is 3. The van der Waals surface area contributed by atoms with Crippen LogP contribution in [0.25, 0.3) is 0 Å². The average molecular weight is 235 g/mol. The molecule has 1 amide bonds. The Morgan fingerprint density at radius 1 is 1.35 bits per heavy atom. The lowest BCUT2D eigenvalue weighted by atomic mass is 10.0. The van der Waals surface area contributed by atoms with Gasteiger partial charge in [-0.2, -0.15) is 0 Å². The highest BCUT2D eigenvalue weighted by Crippen LogP contribution is 2.12. The van der Waals surface area contributed by atoms with Crippen molar-refractivity contribution in [3.63, 3.8) is 0 Å². The van der Waals surface area contributed by atoms with Crippen LogP contribution in [0.2, 0.25) is 0 Å². The van der Waals surface area contributed by atoms with Crippen LogP contribution in [0.1, 0.15) is 18.0 Å². The summed E-state index contributed by atoms with van der Waals surface area (Å²) in [6.07, 6.45) is 0.331. The van der Waals surface area contributed by atoms with Gasteiger partial charge in [-0.25, -0.2) is 0 Å². The van der Waals surface area contributed by atoms with Gasteiger partial charge >= 0.3 is 0 Å². The zero-order valence-electron chi connectivity index (χ0n) is 10.5. The number of likely N-dealkylation sites (N-methyl/N-ethyl adjacent to an activating group) is 1. The summed E-state index contributed by atoms with van der Waals surface area (Å²) in [6.45, 7) is 1.50. The van der Waals surface area contributed by atoms with Crippen LogP contribution in [0.5, 0.6) is 0 Å². The Morgan fingerprint density at radius 3 is 2.59 bits per heavy atom. The van der Waals surface area contributed by atoms with Gasteiger partial charge in [0.1, 0.15) is 0 Å². The minimum absolute atomic E-state index is 0.00297. The molecule has 4 nitrogen and oxygen atoms in total. The van der Waals surface area contributed by atoms with Crippen molar-refractivity contribution in [2.45, 2.75) is 12.5 Å². The Bertz CT molecular complexity index is 338. The topological polar surface area (TPSA) is 58.4 Å². The SMILES string of the molecule is CN(C)CCNC(=O)CC(N)c1ccccc1. The number of carbonyl (C=O) groups is 1. The van der Waals surface area contributed by atoms with Crippen LogP contribution < -0.4 is 11.1 Å². The molecule has 1 aromatic carbocycles. The van der Waals surface area contributed by atoms with E-state index in [2.05, 4.69) is 5.32 Å². The maximum atomic E-state index is 11.6. The van der Waals surface area contributed by atoms with E-state index in [1.54, 1.807) is 0 Å². The largest absolute Gasteiger partial charge is 0.355 e. The summed E-state index contributed by atoms with van der Waals surface area (Å²) in [4.78, 5) is 13.6. The van der Waals surface area contributed by atoms with E-state index < -0.39 is 0 Å². The van der Waals surface area contributed by atoms with Gasteiger partial charge in [-0.05, 0) is 19.7 Å². The van der Waals surface area contributed by atoms with Crippen LogP contribution >= 0.6 is 0 Å². The van der Waals surface area contributed by atoms with Gasteiger partial charge in [0.05, 0.1) is 0 Å². The highest BCUT2D eigenvalue weighted by molar-refractivity contribution is 5.76. The lowest BCUT2D eigenvalue weighted by Crippen LogP contribution is -2.33. The molecule has 4 heteroatoms. The fourth-order valence-electron chi connectivity index (χ4n) is 1.51. The Kier molecular flexibility index (Phi) is 5.66. The van der Waals surface area contributed by atoms with E-state index in [0.717, 1.165) is 12.1 Å². The summed E-state index contributed by atoms with van der Waals surface area (Å²) in [7, 11) is 3.95. The molecule has 17 heavy (non-hydrogen) atoms. The molecular weight excluding hydrogens is 214 g/mol. The van der Waals surface area contributed by atoms with Gasteiger partial charge in [-0.15, -0.1) is 0 Å². The second-order valence-electron chi connectivity index (χ2n) is 4.37. The van der Waals surface area contributed by atoms with Crippen molar-refractivity contribution in [2.24, 2.45) is 5.73 Å². The first-order valence-corrected chi connectivity index (χ1v) is 5.81. The molecule has 0 aliphatic rings. The van der Waals surface area contributed by atoms with Gasteiger partial charge in [-0.1, -0.05) is 30.3 Å². The maximum absolute atomic E-state index is 11.6. The van der Waals surface area contributed by atoms with Crippen molar-refractivity contribution >= 4 is 5.91 Å². The monoisotopic (exact) mass is 235 g/mol. The van der Waals surface area contributed by atoms with Crippen molar-refractivity contribution in [1.29, 1.82) is 0 Å². The van der Waals surface area contributed by atoms with E-state index in [9.17, 15) is 4.79 Å². The van der Waals surface area contributed by atoms with E-state index in [0.29, 0.717) is 13.0 Å². The van der Waals surface area contributed by atoms with Crippen LogP contribution in [0.3, 0.4) is 0 Å². The van der Waals surface area contributed by atoms with Crippen molar-refractivity contribution in [3.8, 4) is 0 Å². The summed E-state index contributed by atoms with van der Waals surface area (Å²) in [6, 6.07) is 9.46. The fraction of sp³-hybridized carbons (Fsp3) is 0.462. The fourth-order valence-corrected chi connectivity index (χ4v) is 1.51. The molecule has 0 radical (unpaired) electrons. The second-order valence-corrected chi connectivity index (χ2v) is 4.37. The highest BCUT2D eigenvalue weighted by Gasteiger charge is 2.10. The number of nitrogens with zero attached hydrogens (tertiary/aromatic N) is 1. The summed E-state index contributed by atoms with van der Waals surface area (Å²) in [5.74, 6) is 0.00297. The van der Waals surface area contributed by atoms with Gasteiger partial charge in [0.15, 0.2) is 0 Å². The van der Waals surface area contributed by atoms with Gasteiger partial charge in [0, 0.05) is 25.6 Å². The molecule has 0 spiro atoms. The first-order chi connectivity index (χ1) is 8.09. The zero-order valence-corrected chi connectivity index (χ0v) is 10.5. The number of nitrogens with two attached hydrogens (primary N) is 1. The Labute approximate surface area is 103 Å². The van der Waals surface area contributed by atoms with Crippen LogP contribution in [0.4, 0.5) is 0 Å². The van der Waals surface area contributed by atoms with Gasteiger partial charge in [0.25, 0.3) is 0 Å². The first kappa shape index (κ1) is 13.7. The van der Waals surface area contributed by atoms with Gasteiger partial charge < -0.3 is 16.0 Å². The highest BCUT2D eigenvalue weighted by atomic mass is 16.1. The van der Waals surface area contributed by atoms with Crippen molar-refractivity contribution in [2.75, 3.05) is 27.2 Å². The Hall–Kier alpha value is -1.39. The van der Waals surface area contributed by atoms with Crippen LogP contribution in [0, 0.1) is 0 Å². The van der Waals surface area contributed by atoms with Crippen LogP contribution in [0.15, 0.2) is 30.3 Å². The van der Waals surface area contributed by atoms with E-state index >= 15 is 0 Å². The quantitative estimate of drug-likeness (QED) is 0.765. The molecule has 94 valence electrons. The summed E-state index contributed by atoms with van der Waals surface area (Å²) in [5.41, 5.74) is 6.95. The summed E-state index contributed by atoms with van der Waals surface area (Å²) < 4.78 is 0. The molecule has 0 fully saturated rings. The average Bonchev–Trinajstić information content (AvgIpc) is 2.29. The van der Waals surface area contributed by atoms with Crippen LogP contribution in [-0.2, 0) is 4.79 Å². The smallest absolute Gasteiger partial charge is 0.221 e. The molecule has 0 aliphatic carbocycles. The normalized spacial score (nSPS) is 12.5. The lowest BCUT2D eigenvalue weighted by molar-refractivity contribution is -0.121. The van der Waals surface area contributed by atoms with Crippen molar-refractivity contribution in [1.82, 2.24) is 10.2 Å². The number of benzene rings is 1. The molecule has 0 saturated heterocycles. The standard InChI is InChI=1S/C13H21N3O/c1-16(2)9-8-15-13(17)10-12(14)11-6-4-3-5-7-11/h3-7,12H,8-10,14H2,1-2H3,(H,15,17). The van der Waals surface area contributed by atoms with Gasteiger partial charge in [0.2, 0.25) is 5.91 Å². The summed E-state index contributed by atoms with van der Waals surface area (Å²) >= 11 is 0. The number of carbonyl (C=O) groups excluding carboxylic acids is 1. The lowest BCUT2D eigenvalue weighted by Gasteiger charge is -2.13. The number of hydrogen-bond donors (Lipinski definition) is 2. The minimum atomic E-state index is -0.226. The molecule has 0 aliphatic heterocycles. The molecule has 0 bridgehead atoms. The van der Waals surface area contributed by atoms with Gasteiger partial charge in [-0.3, -0.25) is 4.79 Å².